The molecular weight excluding hydrogens is 262 g/mol. The van der Waals surface area contributed by atoms with Gasteiger partial charge in [-0.25, -0.2) is 0 Å². The normalized spacial score (nSPS) is 10.1. The molecule has 0 aliphatic rings. The Morgan fingerprint density at radius 2 is 1.61 bits per heavy atom. The molecule has 2 aromatic carbocycles. The van der Waals surface area contributed by atoms with E-state index in [4.69, 9.17) is 23.8 Å². The molecule has 0 aliphatic heterocycles. The molecule has 0 saturated heterocycles. The molecule has 0 aliphatic carbocycles. The van der Waals surface area contributed by atoms with Crippen molar-refractivity contribution in [3.63, 3.8) is 0 Å². The Hall–Kier alpha value is -1.38. The Labute approximate surface area is 118 Å². The van der Waals surface area contributed by atoms with Crippen molar-refractivity contribution in [2.24, 2.45) is 0 Å². The van der Waals surface area contributed by atoms with E-state index >= 15 is 0 Å². The summed E-state index contributed by atoms with van der Waals surface area (Å²) in [5.41, 5.74) is 2.40. The molecule has 2 rings (SSSR count). The molecular formula is C15H14ClNS. The highest BCUT2D eigenvalue weighted by molar-refractivity contribution is 7.80. The Balaban J connectivity index is 1.83. The Bertz CT molecular complexity index is 508. The highest BCUT2D eigenvalue weighted by Crippen LogP contribution is 2.09. The van der Waals surface area contributed by atoms with E-state index < -0.39 is 0 Å². The van der Waals surface area contributed by atoms with Gasteiger partial charge in [0.25, 0.3) is 0 Å². The zero-order valence-corrected chi connectivity index (χ0v) is 11.5. The van der Waals surface area contributed by atoms with E-state index in [9.17, 15) is 0 Å². The number of thiocarbonyl (C=S) groups is 1. The smallest absolute Gasteiger partial charge is 0.0800 e. The fourth-order valence-electron chi connectivity index (χ4n) is 1.65. The van der Waals surface area contributed by atoms with Crippen LogP contribution in [0.2, 0.25) is 5.02 Å². The van der Waals surface area contributed by atoms with E-state index in [-0.39, 0.29) is 0 Å². The SMILES string of the molecule is S=C(Cc1ccccc1)NCc1ccc(Cl)cc1. The first-order valence-corrected chi connectivity index (χ1v) is 6.58. The van der Waals surface area contributed by atoms with Gasteiger partial charge in [0.2, 0.25) is 0 Å². The summed E-state index contributed by atoms with van der Waals surface area (Å²) in [6.07, 6.45) is 0.782. The summed E-state index contributed by atoms with van der Waals surface area (Å²) in [4.78, 5) is 0.858. The summed E-state index contributed by atoms with van der Waals surface area (Å²) in [6.45, 7) is 0.739. The first kappa shape index (κ1) is 13.1. The zero-order chi connectivity index (χ0) is 12.8. The van der Waals surface area contributed by atoms with Crippen molar-refractivity contribution in [2.75, 3.05) is 0 Å². The van der Waals surface area contributed by atoms with Gasteiger partial charge in [-0.3, -0.25) is 0 Å². The molecule has 1 N–H and O–H groups in total. The molecule has 2 aromatic rings. The van der Waals surface area contributed by atoms with Gasteiger partial charge in [0.05, 0.1) is 4.99 Å². The fraction of sp³-hybridized carbons (Fsp3) is 0.133. The summed E-state index contributed by atoms with van der Waals surface area (Å²) in [6, 6.07) is 18.0. The van der Waals surface area contributed by atoms with Gasteiger partial charge in [-0.2, -0.15) is 0 Å². The van der Waals surface area contributed by atoms with Crippen LogP contribution in [0.15, 0.2) is 54.6 Å². The summed E-state index contributed by atoms with van der Waals surface area (Å²) in [5, 5.41) is 4.01. The van der Waals surface area contributed by atoms with Crippen molar-refractivity contribution >= 4 is 28.8 Å². The van der Waals surface area contributed by atoms with Crippen LogP contribution in [0.25, 0.3) is 0 Å². The number of nitrogens with one attached hydrogen (secondary N) is 1. The lowest BCUT2D eigenvalue weighted by Crippen LogP contribution is -2.22. The number of hydrogen-bond acceptors (Lipinski definition) is 1. The van der Waals surface area contributed by atoms with Crippen molar-refractivity contribution < 1.29 is 0 Å². The molecule has 0 bridgehead atoms. The average Bonchev–Trinajstić information content (AvgIpc) is 2.39. The summed E-state index contributed by atoms with van der Waals surface area (Å²) >= 11 is 11.2. The lowest BCUT2D eigenvalue weighted by atomic mass is 10.1. The van der Waals surface area contributed by atoms with Crippen LogP contribution in [0.1, 0.15) is 11.1 Å². The van der Waals surface area contributed by atoms with Crippen LogP contribution in [0.4, 0.5) is 0 Å². The molecule has 0 fully saturated rings. The van der Waals surface area contributed by atoms with E-state index in [1.165, 1.54) is 11.1 Å². The molecule has 0 saturated carbocycles. The molecule has 1 nitrogen and oxygen atoms in total. The van der Waals surface area contributed by atoms with E-state index in [2.05, 4.69) is 17.4 Å². The molecule has 3 heteroatoms. The van der Waals surface area contributed by atoms with E-state index in [1.54, 1.807) is 0 Å². The first-order valence-electron chi connectivity index (χ1n) is 5.79. The molecule has 0 aromatic heterocycles. The van der Waals surface area contributed by atoms with E-state index in [1.807, 2.05) is 42.5 Å². The van der Waals surface area contributed by atoms with Gasteiger partial charge in [0.1, 0.15) is 0 Å². The predicted molar refractivity (Wildman–Crippen MR) is 81.0 cm³/mol. The Morgan fingerprint density at radius 1 is 0.944 bits per heavy atom. The standard InChI is InChI=1S/C15H14ClNS/c16-14-8-6-13(7-9-14)11-17-15(18)10-12-4-2-1-3-5-12/h1-9H,10-11H2,(H,17,18). The monoisotopic (exact) mass is 275 g/mol. The molecule has 18 heavy (non-hydrogen) atoms. The maximum absolute atomic E-state index is 5.84. The van der Waals surface area contributed by atoms with E-state index in [0.29, 0.717) is 0 Å². The van der Waals surface area contributed by atoms with Crippen LogP contribution in [-0.4, -0.2) is 4.99 Å². The van der Waals surface area contributed by atoms with Gasteiger partial charge in [-0.1, -0.05) is 66.3 Å². The minimum Gasteiger partial charge on any atom is -0.375 e. The lowest BCUT2D eigenvalue weighted by Gasteiger charge is -2.08. The highest BCUT2D eigenvalue weighted by Gasteiger charge is 1.99. The van der Waals surface area contributed by atoms with Gasteiger partial charge in [-0.05, 0) is 23.3 Å². The third kappa shape index (κ3) is 4.13. The van der Waals surface area contributed by atoms with Gasteiger partial charge >= 0.3 is 0 Å². The summed E-state index contributed by atoms with van der Waals surface area (Å²) in [5.74, 6) is 0. The van der Waals surface area contributed by atoms with Gasteiger partial charge in [0.15, 0.2) is 0 Å². The molecule has 0 spiro atoms. The second-order valence-corrected chi connectivity index (χ2v) is 4.99. The molecule has 0 amide bonds. The first-order chi connectivity index (χ1) is 8.74. The second kappa shape index (κ2) is 6.53. The van der Waals surface area contributed by atoms with Crippen LogP contribution in [-0.2, 0) is 13.0 Å². The highest BCUT2D eigenvalue weighted by atomic mass is 35.5. The predicted octanol–water partition coefficient (Wildman–Crippen LogP) is 4.00. The lowest BCUT2D eigenvalue weighted by molar-refractivity contribution is 0.912. The molecule has 0 atom stereocenters. The van der Waals surface area contributed by atoms with Crippen LogP contribution in [0, 0.1) is 0 Å². The maximum Gasteiger partial charge on any atom is 0.0800 e. The van der Waals surface area contributed by atoms with Crippen molar-refractivity contribution in [3.8, 4) is 0 Å². The third-order valence-electron chi connectivity index (χ3n) is 2.61. The second-order valence-electron chi connectivity index (χ2n) is 4.07. The number of hydrogen-bond donors (Lipinski definition) is 1. The van der Waals surface area contributed by atoms with E-state index in [0.717, 1.165) is 23.0 Å². The number of benzene rings is 2. The maximum atomic E-state index is 5.84. The Kier molecular flexibility index (Phi) is 4.73. The largest absolute Gasteiger partial charge is 0.375 e. The van der Waals surface area contributed by atoms with Crippen LogP contribution in [0.5, 0.6) is 0 Å². The summed E-state index contributed by atoms with van der Waals surface area (Å²) < 4.78 is 0. The zero-order valence-electron chi connectivity index (χ0n) is 9.90. The average molecular weight is 276 g/mol. The molecule has 0 heterocycles. The van der Waals surface area contributed by atoms with Crippen LogP contribution < -0.4 is 5.32 Å². The van der Waals surface area contributed by atoms with Crippen molar-refractivity contribution in [1.29, 1.82) is 0 Å². The molecule has 0 radical (unpaired) electrons. The van der Waals surface area contributed by atoms with Gasteiger partial charge < -0.3 is 5.32 Å². The fourth-order valence-corrected chi connectivity index (χ4v) is 2.01. The topological polar surface area (TPSA) is 12.0 Å². The molecule has 92 valence electrons. The third-order valence-corrected chi connectivity index (χ3v) is 3.15. The molecule has 0 unspecified atom stereocenters. The summed E-state index contributed by atoms with van der Waals surface area (Å²) in [7, 11) is 0. The Morgan fingerprint density at radius 3 is 2.28 bits per heavy atom. The van der Waals surface area contributed by atoms with Gasteiger partial charge in [-0.15, -0.1) is 0 Å². The van der Waals surface area contributed by atoms with Crippen LogP contribution in [0.3, 0.4) is 0 Å². The minimum atomic E-state index is 0.739. The van der Waals surface area contributed by atoms with Crippen molar-refractivity contribution in [3.05, 3.63) is 70.7 Å². The number of rotatable bonds is 4. The van der Waals surface area contributed by atoms with Crippen molar-refractivity contribution in [2.45, 2.75) is 13.0 Å². The van der Waals surface area contributed by atoms with Crippen molar-refractivity contribution in [1.82, 2.24) is 5.32 Å². The van der Waals surface area contributed by atoms with Crippen LogP contribution >= 0.6 is 23.8 Å². The number of halogens is 1. The minimum absolute atomic E-state index is 0.739. The van der Waals surface area contributed by atoms with Gasteiger partial charge in [0, 0.05) is 18.0 Å². The quantitative estimate of drug-likeness (QED) is 0.847.